The molecule has 160 valence electrons. The van der Waals surface area contributed by atoms with Gasteiger partial charge in [-0.2, -0.15) is 9.97 Å². The van der Waals surface area contributed by atoms with E-state index in [-0.39, 0.29) is 17.9 Å². The van der Waals surface area contributed by atoms with Gasteiger partial charge in [0.15, 0.2) is 5.65 Å². The van der Waals surface area contributed by atoms with Crippen LogP contribution >= 0.6 is 0 Å². The smallest absolute Gasteiger partial charge is 0.318 e. The molecule has 3 aromatic rings. The van der Waals surface area contributed by atoms with Crippen LogP contribution in [0.25, 0.3) is 22.6 Å². The number of carbonyl (C=O) groups is 1. The number of hydrogen-bond acceptors (Lipinski definition) is 7. The number of rotatable bonds is 6. The predicted molar refractivity (Wildman–Crippen MR) is 112 cm³/mol. The third-order valence-corrected chi connectivity index (χ3v) is 5.01. The maximum atomic E-state index is 13.9. The summed E-state index contributed by atoms with van der Waals surface area (Å²) in [6, 6.07) is 1.64. The molecule has 0 radical (unpaired) electrons. The van der Waals surface area contributed by atoms with Crippen LogP contribution in [0.3, 0.4) is 0 Å². The van der Waals surface area contributed by atoms with Gasteiger partial charge in [0.1, 0.15) is 17.2 Å². The van der Waals surface area contributed by atoms with E-state index in [1.807, 2.05) is 36.6 Å². The van der Waals surface area contributed by atoms with Gasteiger partial charge < -0.3 is 14.0 Å². The third-order valence-electron chi connectivity index (χ3n) is 5.01. The molecular weight excluding hydrogens is 401 g/mol. The number of carbonyl (C=O) groups excluding carboxylic acids is 1. The van der Waals surface area contributed by atoms with Crippen molar-refractivity contribution in [3.8, 4) is 17.4 Å². The summed E-state index contributed by atoms with van der Waals surface area (Å²) < 4.78 is 26.1. The average Bonchev–Trinajstić information content (AvgIpc) is 3.13. The summed E-state index contributed by atoms with van der Waals surface area (Å²) in [6.07, 6.45) is 8.95. The number of pyridine rings is 1. The summed E-state index contributed by atoms with van der Waals surface area (Å²) in [5.41, 5.74) is 3.36. The van der Waals surface area contributed by atoms with Crippen LogP contribution in [-0.4, -0.2) is 44.2 Å². The minimum Gasteiger partial charge on any atom is -0.469 e. The highest BCUT2D eigenvalue weighted by atomic mass is 19.1. The molecular formula is C22H22FN5O3. The number of methoxy groups -OCH3 is 1. The van der Waals surface area contributed by atoms with Crippen molar-refractivity contribution < 1.29 is 18.7 Å². The van der Waals surface area contributed by atoms with Crippen LogP contribution in [0.5, 0.6) is 6.01 Å². The van der Waals surface area contributed by atoms with Gasteiger partial charge >= 0.3 is 12.0 Å². The third kappa shape index (κ3) is 4.16. The normalized spacial score (nSPS) is 15.7. The van der Waals surface area contributed by atoms with Crippen LogP contribution in [-0.2, 0) is 16.1 Å². The van der Waals surface area contributed by atoms with E-state index in [1.165, 1.54) is 13.2 Å². The molecule has 1 unspecified atom stereocenters. The lowest BCUT2D eigenvalue weighted by molar-refractivity contribution is -0.143. The summed E-state index contributed by atoms with van der Waals surface area (Å²) in [6.45, 7) is 4.55. The number of nitrogens with zero attached hydrogens (tertiary/aromatic N) is 5. The molecule has 0 saturated heterocycles. The van der Waals surface area contributed by atoms with E-state index in [9.17, 15) is 9.18 Å². The Morgan fingerprint density at radius 1 is 1.29 bits per heavy atom. The minimum atomic E-state index is -0.452. The largest absolute Gasteiger partial charge is 0.469 e. The highest BCUT2D eigenvalue weighted by Crippen LogP contribution is 2.29. The number of aryl methyl sites for hydroxylation is 1. The van der Waals surface area contributed by atoms with Gasteiger partial charge in [-0.05, 0) is 31.9 Å². The highest BCUT2D eigenvalue weighted by Gasteiger charge is 2.21. The second kappa shape index (κ2) is 8.63. The van der Waals surface area contributed by atoms with Crippen LogP contribution < -0.4 is 4.74 Å². The van der Waals surface area contributed by atoms with Gasteiger partial charge in [-0.3, -0.25) is 9.78 Å². The maximum absolute atomic E-state index is 13.9. The summed E-state index contributed by atoms with van der Waals surface area (Å²) in [4.78, 5) is 29.3. The van der Waals surface area contributed by atoms with Crippen molar-refractivity contribution in [2.45, 2.75) is 26.8 Å². The lowest BCUT2D eigenvalue weighted by atomic mass is 9.97. The van der Waals surface area contributed by atoms with Crippen molar-refractivity contribution in [1.82, 2.24) is 24.5 Å². The molecule has 1 aliphatic rings. The van der Waals surface area contributed by atoms with Gasteiger partial charge in [-0.1, -0.05) is 18.2 Å². The molecule has 0 aromatic carbocycles. The molecule has 0 fully saturated rings. The second-order valence-electron chi connectivity index (χ2n) is 7.11. The van der Waals surface area contributed by atoms with Gasteiger partial charge in [0.2, 0.25) is 0 Å². The summed E-state index contributed by atoms with van der Waals surface area (Å²) in [5.74, 6) is -0.491. The van der Waals surface area contributed by atoms with E-state index in [1.54, 1.807) is 6.20 Å². The van der Waals surface area contributed by atoms with Crippen LogP contribution in [0.15, 0.2) is 42.3 Å². The molecule has 1 aliphatic carbocycles. The number of imidazole rings is 1. The van der Waals surface area contributed by atoms with Crippen LogP contribution in [0.4, 0.5) is 4.39 Å². The van der Waals surface area contributed by atoms with Crippen molar-refractivity contribution in [3.05, 3.63) is 53.8 Å². The van der Waals surface area contributed by atoms with Crippen molar-refractivity contribution >= 4 is 17.1 Å². The summed E-state index contributed by atoms with van der Waals surface area (Å²) in [5, 5.41) is 0. The first kappa shape index (κ1) is 20.6. The van der Waals surface area contributed by atoms with Crippen molar-refractivity contribution in [2.24, 2.45) is 5.92 Å². The molecule has 0 amide bonds. The van der Waals surface area contributed by atoms with Gasteiger partial charge in [-0.15, -0.1) is 0 Å². The van der Waals surface area contributed by atoms with Gasteiger partial charge in [0.25, 0.3) is 0 Å². The Hall–Kier alpha value is -3.62. The quantitative estimate of drug-likeness (QED) is 0.561. The maximum Gasteiger partial charge on any atom is 0.318 e. The van der Waals surface area contributed by atoms with Crippen molar-refractivity contribution in [2.75, 3.05) is 13.7 Å². The average molecular weight is 423 g/mol. The SMILES string of the molecule is CCOc1nc(C)c2nc(-c3cncc(F)c3)n(CC3=CCC(C(=O)OC)C=C3)c2n1. The molecule has 8 nitrogen and oxygen atoms in total. The zero-order valence-corrected chi connectivity index (χ0v) is 17.5. The molecule has 31 heavy (non-hydrogen) atoms. The number of aromatic nitrogens is 5. The summed E-state index contributed by atoms with van der Waals surface area (Å²) >= 11 is 0. The van der Waals surface area contributed by atoms with Crippen molar-refractivity contribution in [1.29, 1.82) is 0 Å². The number of hydrogen-bond donors (Lipinski definition) is 0. The van der Waals surface area contributed by atoms with Gasteiger partial charge in [0, 0.05) is 11.8 Å². The van der Waals surface area contributed by atoms with Crippen LogP contribution in [0.2, 0.25) is 0 Å². The fourth-order valence-electron chi connectivity index (χ4n) is 3.50. The number of fused-ring (bicyclic) bond motifs is 1. The Kier molecular flexibility index (Phi) is 5.75. The topological polar surface area (TPSA) is 92.0 Å². The van der Waals surface area contributed by atoms with Crippen molar-refractivity contribution in [3.63, 3.8) is 0 Å². The first-order valence-electron chi connectivity index (χ1n) is 9.93. The first-order chi connectivity index (χ1) is 15.0. The number of ether oxygens (including phenoxy) is 2. The fourth-order valence-corrected chi connectivity index (χ4v) is 3.50. The van der Waals surface area contributed by atoms with E-state index in [4.69, 9.17) is 14.5 Å². The Balaban J connectivity index is 1.80. The molecule has 1 atom stereocenters. The molecule has 9 heteroatoms. The standard InChI is InChI=1S/C22H22FN5O3/c1-4-31-22-25-13(2)18-20(27-22)28(19(26-18)16-9-17(23)11-24-10-16)12-14-5-7-15(8-6-14)21(29)30-3/h5-7,9-11,15H,4,8,12H2,1-3H3. The van der Waals surface area contributed by atoms with Crippen LogP contribution in [0, 0.1) is 18.7 Å². The summed E-state index contributed by atoms with van der Waals surface area (Å²) in [7, 11) is 1.38. The highest BCUT2D eigenvalue weighted by molar-refractivity contribution is 5.79. The molecule has 3 heterocycles. The Bertz CT molecular complexity index is 1200. The van der Waals surface area contributed by atoms with Gasteiger partial charge in [-0.25, -0.2) is 9.37 Å². The molecule has 3 aromatic heterocycles. The van der Waals surface area contributed by atoms with E-state index in [0.29, 0.717) is 47.8 Å². The Labute approximate surface area is 178 Å². The Morgan fingerprint density at radius 3 is 2.81 bits per heavy atom. The molecule has 0 aliphatic heterocycles. The lowest BCUT2D eigenvalue weighted by Gasteiger charge is -2.16. The lowest BCUT2D eigenvalue weighted by Crippen LogP contribution is -2.16. The Morgan fingerprint density at radius 2 is 2.13 bits per heavy atom. The number of esters is 1. The molecule has 0 saturated carbocycles. The second-order valence-corrected chi connectivity index (χ2v) is 7.11. The number of allylic oxidation sites excluding steroid dienone is 3. The van der Waals surface area contributed by atoms with E-state index in [2.05, 4.69) is 15.0 Å². The zero-order valence-electron chi connectivity index (χ0n) is 17.5. The molecule has 4 rings (SSSR count). The minimum absolute atomic E-state index is 0.261. The van der Waals surface area contributed by atoms with Crippen LogP contribution in [0.1, 0.15) is 19.0 Å². The first-order valence-corrected chi connectivity index (χ1v) is 9.93. The van der Waals surface area contributed by atoms with E-state index >= 15 is 0 Å². The monoisotopic (exact) mass is 423 g/mol. The fraction of sp³-hybridized carbons (Fsp3) is 0.318. The number of halogens is 1. The molecule has 0 bridgehead atoms. The molecule has 0 N–H and O–H groups in total. The van der Waals surface area contributed by atoms with Gasteiger partial charge in [0.05, 0.1) is 38.1 Å². The zero-order chi connectivity index (χ0) is 22.0. The van der Waals surface area contributed by atoms with E-state index < -0.39 is 5.82 Å². The van der Waals surface area contributed by atoms with E-state index in [0.717, 1.165) is 11.8 Å². The predicted octanol–water partition coefficient (Wildman–Crippen LogP) is 3.41. The molecule has 0 spiro atoms.